The highest BCUT2D eigenvalue weighted by atomic mass is 32.1. The highest BCUT2D eigenvalue weighted by Crippen LogP contribution is 2.26. The fraction of sp³-hybridized carbons (Fsp3) is 0.171. The summed E-state index contributed by atoms with van der Waals surface area (Å²) in [4.78, 5) is 52.6. The number of fused-ring (bicyclic) bond motifs is 2. The molecule has 0 saturated carbocycles. The standard InChI is InChI=1S/C35H28F4N6O3S2/c1-44(25-3-5-31-27(15-25)40-17-49-31)33(46)29(11-19-7-21(36)13-22(37)8-19)42-35(48)43-30(12-20-9-23(38)14-24(39)10-20)34(47)45(2)26-4-6-32-28(16-26)41-18-50-32/h3-10,13-18,29-30H,11-12H2,1-2H3,(H2,42,43,48)/t29-,30-/m0/s1. The van der Waals surface area contributed by atoms with Gasteiger partial charge in [-0.3, -0.25) is 9.59 Å². The van der Waals surface area contributed by atoms with Gasteiger partial charge in [0.05, 0.1) is 31.5 Å². The van der Waals surface area contributed by atoms with E-state index in [1.807, 2.05) is 0 Å². The van der Waals surface area contributed by atoms with Crippen LogP contribution in [0.3, 0.4) is 0 Å². The van der Waals surface area contributed by atoms with Crippen molar-refractivity contribution in [1.29, 1.82) is 0 Å². The van der Waals surface area contributed by atoms with Crippen molar-refractivity contribution in [2.75, 3.05) is 23.9 Å². The summed E-state index contributed by atoms with van der Waals surface area (Å²) in [6, 6.07) is 12.2. The quantitative estimate of drug-likeness (QED) is 0.155. The highest BCUT2D eigenvalue weighted by molar-refractivity contribution is 7.17. The predicted molar refractivity (Wildman–Crippen MR) is 185 cm³/mol. The van der Waals surface area contributed by atoms with Crippen molar-refractivity contribution in [2.24, 2.45) is 0 Å². The first kappa shape index (κ1) is 34.5. The molecule has 2 atom stereocenters. The number of amides is 4. The third kappa shape index (κ3) is 7.90. The van der Waals surface area contributed by atoms with E-state index in [0.717, 1.165) is 33.7 Å². The molecule has 0 radical (unpaired) electrons. The maximum absolute atomic E-state index is 14.2. The van der Waals surface area contributed by atoms with Crippen molar-refractivity contribution in [3.8, 4) is 0 Å². The van der Waals surface area contributed by atoms with Crippen LogP contribution >= 0.6 is 22.7 Å². The Bertz CT molecular complexity index is 2030. The summed E-state index contributed by atoms with van der Waals surface area (Å²) in [5, 5.41) is 5.11. The lowest BCUT2D eigenvalue weighted by Crippen LogP contribution is -2.56. The van der Waals surface area contributed by atoms with Gasteiger partial charge in [0, 0.05) is 50.4 Å². The monoisotopic (exact) mass is 720 g/mol. The second-order valence-electron chi connectivity index (χ2n) is 11.5. The number of nitrogens with one attached hydrogen (secondary N) is 2. The largest absolute Gasteiger partial charge is 0.326 e. The van der Waals surface area contributed by atoms with Gasteiger partial charge in [0.15, 0.2) is 0 Å². The molecule has 2 N–H and O–H groups in total. The molecule has 50 heavy (non-hydrogen) atoms. The maximum atomic E-state index is 14.2. The van der Waals surface area contributed by atoms with Crippen LogP contribution in [0, 0.1) is 23.3 Å². The van der Waals surface area contributed by atoms with Crippen LogP contribution in [0.5, 0.6) is 0 Å². The molecule has 0 fully saturated rings. The number of likely N-dealkylation sites (N-methyl/N-ethyl adjacent to an activating group) is 2. The summed E-state index contributed by atoms with van der Waals surface area (Å²) in [5.74, 6) is -4.75. The summed E-state index contributed by atoms with van der Waals surface area (Å²) in [6.07, 6.45) is -0.628. The lowest BCUT2D eigenvalue weighted by Gasteiger charge is -2.28. The molecule has 4 aromatic carbocycles. The van der Waals surface area contributed by atoms with Crippen LogP contribution in [0.25, 0.3) is 20.4 Å². The molecule has 256 valence electrons. The van der Waals surface area contributed by atoms with E-state index < -0.39 is 53.2 Å². The van der Waals surface area contributed by atoms with Gasteiger partial charge in [-0.2, -0.15) is 0 Å². The summed E-state index contributed by atoms with van der Waals surface area (Å²) >= 11 is 2.84. The van der Waals surface area contributed by atoms with Gasteiger partial charge in [-0.15, -0.1) is 22.7 Å². The average Bonchev–Trinajstić information content (AvgIpc) is 3.74. The van der Waals surface area contributed by atoms with E-state index in [1.54, 1.807) is 47.4 Å². The minimum Gasteiger partial charge on any atom is -0.326 e. The highest BCUT2D eigenvalue weighted by Gasteiger charge is 2.30. The SMILES string of the molecule is CN(C(=O)[C@H](Cc1cc(F)cc(F)c1)NC(=O)N[C@@H](Cc1cc(F)cc(F)c1)C(=O)N(C)c1ccc2scnc2c1)c1ccc2scnc2c1. The van der Waals surface area contributed by atoms with Gasteiger partial charge >= 0.3 is 6.03 Å². The second kappa shape index (κ2) is 14.6. The number of hydrogen-bond acceptors (Lipinski definition) is 7. The summed E-state index contributed by atoms with van der Waals surface area (Å²) in [6.45, 7) is 0. The van der Waals surface area contributed by atoms with Crippen LogP contribution in [0.15, 0.2) is 83.8 Å². The number of carbonyl (C=O) groups excluding carboxylic acids is 3. The molecule has 15 heteroatoms. The Labute approximate surface area is 291 Å². The lowest BCUT2D eigenvalue weighted by molar-refractivity contribution is -0.120. The molecular formula is C35H28F4N6O3S2. The molecule has 0 spiro atoms. The zero-order chi connectivity index (χ0) is 35.5. The van der Waals surface area contributed by atoms with Crippen molar-refractivity contribution in [1.82, 2.24) is 20.6 Å². The number of thiazole rings is 2. The van der Waals surface area contributed by atoms with Crippen molar-refractivity contribution in [3.05, 3.63) is 118 Å². The minimum atomic E-state index is -1.38. The Hall–Kier alpha value is -5.41. The fourth-order valence-electron chi connectivity index (χ4n) is 5.52. The predicted octanol–water partition coefficient (Wildman–Crippen LogP) is 6.61. The minimum absolute atomic E-state index is 0.0875. The normalized spacial score (nSPS) is 12.4. The molecule has 9 nitrogen and oxygen atoms in total. The Balaban J connectivity index is 1.28. The van der Waals surface area contributed by atoms with E-state index in [2.05, 4.69) is 20.6 Å². The third-order valence-corrected chi connectivity index (χ3v) is 9.61. The number of aromatic nitrogens is 2. The van der Waals surface area contributed by atoms with Gasteiger partial charge < -0.3 is 20.4 Å². The zero-order valence-electron chi connectivity index (χ0n) is 26.5. The van der Waals surface area contributed by atoms with E-state index in [1.165, 1.54) is 46.6 Å². The number of benzene rings is 4. The Kier molecular flexibility index (Phi) is 10.1. The molecule has 0 aliphatic rings. The van der Waals surface area contributed by atoms with Gasteiger partial charge in [-0.05, 0) is 71.8 Å². The number of carbonyl (C=O) groups is 3. The number of hydrogen-bond donors (Lipinski definition) is 2. The summed E-state index contributed by atoms with van der Waals surface area (Å²) in [5.41, 5.74) is 5.69. The maximum Gasteiger partial charge on any atom is 0.316 e. The molecule has 4 amide bonds. The van der Waals surface area contributed by atoms with Gasteiger partial charge in [-0.25, -0.2) is 32.3 Å². The van der Waals surface area contributed by atoms with E-state index in [9.17, 15) is 31.9 Å². The molecule has 0 bridgehead atoms. The molecule has 6 aromatic rings. The van der Waals surface area contributed by atoms with Crippen LogP contribution in [0.2, 0.25) is 0 Å². The van der Waals surface area contributed by atoms with Crippen molar-refractivity contribution in [3.63, 3.8) is 0 Å². The van der Waals surface area contributed by atoms with Crippen LogP contribution in [0.1, 0.15) is 11.1 Å². The number of anilines is 2. The van der Waals surface area contributed by atoms with E-state index >= 15 is 0 Å². The number of urea groups is 1. The second-order valence-corrected chi connectivity index (χ2v) is 13.3. The summed E-state index contributed by atoms with van der Waals surface area (Å²) in [7, 11) is 2.96. The molecule has 2 aromatic heterocycles. The van der Waals surface area contributed by atoms with Crippen molar-refractivity contribution in [2.45, 2.75) is 24.9 Å². The zero-order valence-corrected chi connectivity index (χ0v) is 28.1. The van der Waals surface area contributed by atoms with Crippen LogP contribution < -0.4 is 20.4 Å². The van der Waals surface area contributed by atoms with Crippen molar-refractivity contribution < 1.29 is 31.9 Å². The average molecular weight is 721 g/mol. The van der Waals surface area contributed by atoms with Crippen LogP contribution in [0.4, 0.5) is 33.7 Å². The Morgan fingerprint density at radius 2 is 1.00 bits per heavy atom. The molecular weight excluding hydrogens is 693 g/mol. The Morgan fingerprint density at radius 1 is 0.620 bits per heavy atom. The first-order valence-electron chi connectivity index (χ1n) is 15.1. The van der Waals surface area contributed by atoms with Gasteiger partial charge in [0.2, 0.25) is 11.8 Å². The molecule has 2 heterocycles. The van der Waals surface area contributed by atoms with E-state index in [0.29, 0.717) is 34.5 Å². The fourth-order valence-corrected chi connectivity index (χ4v) is 6.84. The molecule has 0 aliphatic heterocycles. The van der Waals surface area contributed by atoms with Crippen LogP contribution in [-0.4, -0.2) is 54.0 Å². The smallest absolute Gasteiger partial charge is 0.316 e. The molecule has 0 saturated heterocycles. The van der Waals surface area contributed by atoms with Gasteiger partial charge in [0.1, 0.15) is 35.4 Å². The van der Waals surface area contributed by atoms with Crippen LogP contribution in [-0.2, 0) is 22.4 Å². The van der Waals surface area contributed by atoms with Gasteiger partial charge in [-0.1, -0.05) is 0 Å². The Morgan fingerprint density at radius 3 is 1.38 bits per heavy atom. The number of nitrogens with zero attached hydrogens (tertiary/aromatic N) is 4. The lowest BCUT2D eigenvalue weighted by atomic mass is 10.0. The third-order valence-electron chi connectivity index (χ3n) is 7.99. The first-order valence-corrected chi connectivity index (χ1v) is 16.9. The van der Waals surface area contributed by atoms with E-state index in [4.69, 9.17) is 0 Å². The summed E-state index contributed by atoms with van der Waals surface area (Å²) < 4.78 is 58.4. The first-order chi connectivity index (χ1) is 23.9. The number of rotatable bonds is 10. The van der Waals surface area contributed by atoms with E-state index in [-0.39, 0.29) is 24.0 Å². The van der Waals surface area contributed by atoms with Gasteiger partial charge in [0.25, 0.3) is 0 Å². The topological polar surface area (TPSA) is 108 Å². The number of halogens is 4. The van der Waals surface area contributed by atoms with Crippen molar-refractivity contribution >= 4 is 72.3 Å². The molecule has 6 rings (SSSR count). The molecule has 0 unspecified atom stereocenters. The molecule has 0 aliphatic carbocycles.